The predicted octanol–water partition coefficient (Wildman–Crippen LogP) is 2.73. The molecule has 0 spiro atoms. The molecular weight excluding hydrogens is 388 g/mol. The molecule has 6 nitrogen and oxygen atoms in total. The van der Waals surface area contributed by atoms with Gasteiger partial charge in [0.1, 0.15) is 4.90 Å². The van der Waals surface area contributed by atoms with E-state index in [4.69, 9.17) is 16.3 Å². The highest BCUT2D eigenvalue weighted by Gasteiger charge is 2.23. The maximum absolute atomic E-state index is 12.6. The highest BCUT2D eigenvalue weighted by molar-refractivity contribution is 7.89. The van der Waals surface area contributed by atoms with Gasteiger partial charge in [0.05, 0.1) is 11.1 Å². The molecule has 2 aromatic rings. The molecule has 0 saturated carbocycles. The molecule has 1 heterocycles. The number of nitrogens with one attached hydrogen (secondary N) is 2. The van der Waals surface area contributed by atoms with Crippen molar-refractivity contribution in [2.75, 3.05) is 13.2 Å². The van der Waals surface area contributed by atoms with Crippen molar-refractivity contribution in [1.82, 2.24) is 10.0 Å². The minimum atomic E-state index is -3.84. The molecular formula is C19H21ClN2O4S. The molecule has 8 heteroatoms. The molecule has 3 rings (SSSR count). The van der Waals surface area contributed by atoms with Crippen molar-refractivity contribution in [3.05, 3.63) is 64.7 Å². The van der Waals surface area contributed by atoms with Gasteiger partial charge in [0.2, 0.25) is 10.0 Å². The number of halogens is 1. The average molecular weight is 409 g/mol. The number of carbonyl (C=O) groups excluding carboxylic acids is 1. The van der Waals surface area contributed by atoms with Crippen molar-refractivity contribution in [3.8, 4) is 0 Å². The van der Waals surface area contributed by atoms with Gasteiger partial charge in [-0.3, -0.25) is 4.79 Å². The smallest absolute Gasteiger partial charge is 0.251 e. The molecule has 27 heavy (non-hydrogen) atoms. The van der Waals surface area contributed by atoms with Crippen molar-refractivity contribution in [2.24, 2.45) is 0 Å². The maximum Gasteiger partial charge on any atom is 0.251 e. The van der Waals surface area contributed by atoms with Gasteiger partial charge in [-0.05, 0) is 36.6 Å². The van der Waals surface area contributed by atoms with Crippen LogP contribution in [-0.4, -0.2) is 33.6 Å². The number of amides is 1. The first kappa shape index (κ1) is 19.8. The van der Waals surface area contributed by atoms with E-state index in [0.717, 1.165) is 18.4 Å². The van der Waals surface area contributed by atoms with Gasteiger partial charge < -0.3 is 10.1 Å². The second kappa shape index (κ2) is 8.84. The van der Waals surface area contributed by atoms with E-state index in [1.807, 2.05) is 30.3 Å². The van der Waals surface area contributed by atoms with Gasteiger partial charge in [-0.25, -0.2) is 13.1 Å². The molecule has 2 N–H and O–H groups in total. The first-order valence-corrected chi connectivity index (χ1v) is 10.5. The van der Waals surface area contributed by atoms with E-state index in [1.165, 1.54) is 18.2 Å². The van der Waals surface area contributed by atoms with E-state index >= 15 is 0 Å². The van der Waals surface area contributed by atoms with Crippen LogP contribution in [-0.2, 0) is 21.3 Å². The lowest BCUT2D eigenvalue weighted by Crippen LogP contribution is -2.32. The molecule has 2 aromatic carbocycles. The predicted molar refractivity (Wildman–Crippen MR) is 103 cm³/mol. The molecule has 1 aliphatic rings. The van der Waals surface area contributed by atoms with Crippen LogP contribution in [0.25, 0.3) is 0 Å². The van der Waals surface area contributed by atoms with E-state index in [0.29, 0.717) is 13.2 Å². The standard InChI is InChI=1S/C19H21ClN2O4S/c20-17-9-8-15(19(23)21-12-14-5-2-1-3-6-14)11-18(17)27(24,25)22-13-16-7-4-10-26-16/h1-3,5-6,8-9,11,16,22H,4,7,10,12-13H2,(H,21,23)/t16-/m1/s1. The Labute approximate surface area is 163 Å². The first-order chi connectivity index (χ1) is 13.0. The third-order valence-electron chi connectivity index (χ3n) is 4.30. The van der Waals surface area contributed by atoms with Crippen LogP contribution in [0.2, 0.25) is 5.02 Å². The molecule has 0 radical (unpaired) electrons. The zero-order chi connectivity index (χ0) is 19.3. The van der Waals surface area contributed by atoms with Gasteiger partial charge in [0.15, 0.2) is 0 Å². The molecule has 0 aliphatic carbocycles. The first-order valence-electron chi connectivity index (χ1n) is 8.68. The van der Waals surface area contributed by atoms with Crippen molar-refractivity contribution in [3.63, 3.8) is 0 Å². The second-order valence-corrected chi connectivity index (χ2v) is 8.44. The summed E-state index contributed by atoms with van der Waals surface area (Å²) in [6.45, 7) is 1.18. The van der Waals surface area contributed by atoms with Crippen LogP contribution in [0, 0.1) is 0 Å². The highest BCUT2D eigenvalue weighted by Crippen LogP contribution is 2.23. The molecule has 0 bridgehead atoms. The molecule has 1 aliphatic heterocycles. The number of hydrogen-bond acceptors (Lipinski definition) is 4. The lowest BCUT2D eigenvalue weighted by molar-refractivity contribution is 0.0950. The third kappa shape index (κ3) is 5.29. The van der Waals surface area contributed by atoms with Crippen LogP contribution in [0.15, 0.2) is 53.4 Å². The van der Waals surface area contributed by atoms with Crippen LogP contribution in [0.5, 0.6) is 0 Å². The Balaban J connectivity index is 1.69. The van der Waals surface area contributed by atoms with Crippen LogP contribution in [0.4, 0.5) is 0 Å². The Kier molecular flexibility index (Phi) is 6.49. The normalized spacial score (nSPS) is 17.0. The van der Waals surface area contributed by atoms with Crippen LogP contribution >= 0.6 is 11.6 Å². The fourth-order valence-electron chi connectivity index (χ4n) is 2.82. The minimum Gasteiger partial charge on any atom is -0.377 e. The Morgan fingerprint density at radius 3 is 2.67 bits per heavy atom. The van der Waals surface area contributed by atoms with Crippen molar-refractivity contribution >= 4 is 27.5 Å². The molecule has 1 amide bonds. The summed E-state index contributed by atoms with van der Waals surface area (Å²) in [5, 5.41) is 2.84. The molecule has 0 aromatic heterocycles. The fourth-order valence-corrected chi connectivity index (χ4v) is 4.41. The Morgan fingerprint density at radius 1 is 1.19 bits per heavy atom. The summed E-state index contributed by atoms with van der Waals surface area (Å²) in [4.78, 5) is 12.3. The summed E-state index contributed by atoms with van der Waals surface area (Å²) in [6.07, 6.45) is 1.61. The van der Waals surface area contributed by atoms with E-state index in [9.17, 15) is 13.2 Å². The second-order valence-electron chi connectivity index (χ2n) is 6.30. The quantitative estimate of drug-likeness (QED) is 0.737. The summed E-state index contributed by atoms with van der Waals surface area (Å²) in [6, 6.07) is 13.7. The number of ether oxygens (including phenoxy) is 1. The average Bonchev–Trinajstić information content (AvgIpc) is 3.19. The fraction of sp³-hybridized carbons (Fsp3) is 0.316. The number of carbonyl (C=O) groups is 1. The van der Waals surface area contributed by atoms with Crippen molar-refractivity contribution in [1.29, 1.82) is 0 Å². The van der Waals surface area contributed by atoms with E-state index < -0.39 is 10.0 Å². The largest absolute Gasteiger partial charge is 0.377 e. The Hall–Kier alpha value is -1.93. The lowest BCUT2D eigenvalue weighted by atomic mass is 10.2. The van der Waals surface area contributed by atoms with E-state index in [2.05, 4.69) is 10.0 Å². The molecule has 1 fully saturated rings. The summed E-state index contributed by atoms with van der Waals surface area (Å²) in [5.41, 5.74) is 1.18. The minimum absolute atomic E-state index is 0.0643. The monoisotopic (exact) mass is 408 g/mol. The van der Waals surface area contributed by atoms with Gasteiger partial charge in [0, 0.05) is 25.3 Å². The van der Waals surface area contributed by atoms with Crippen molar-refractivity contribution in [2.45, 2.75) is 30.4 Å². The van der Waals surface area contributed by atoms with Crippen LogP contribution < -0.4 is 10.0 Å². The maximum atomic E-state index is 12.6. The zero-order valence-electron chi connectivity index (χ0n) is 14.7. The van der Waals surface area contributed by atoms with E-state index in [-0.39, 0.29) is 34.0 Å². The molecule has 1 saturated heterocycles. The van der Waals surface area contributed by atoms with Gasteiger partial charge in [-0.15, -0.1) is 0 Å². The summed E-state index contributed by atoms with van der Waals surface area (Å²) < 4.78 is 33.1. The summed E-state index contributed by atoms with van der Waals surface area (Å²) in [5.74, 6) is -0.369. The SMILES string of the molecule is O=C(NCc1ccccc1)c1ccc(Cl)c(S(=O)(=O)NC[C@H]2CCCO2)c1. The third-order valence-corrected chi connectivity index (χ3v) is 6.21. The van der Waals surface area contributed by atoms with Gasteiger partial charge in [0.25, 0.3) is 5.91 Å². The number of rotatable bonds is 7. The Morgan fingerprint density at radius 2 is 1.96 bits per heavy atom. The van der Waals surface area contributed by atoms with Crippen molar-refractivity contribution < 1.29 is 17.9 Å². The number of hydrogen-bond donors (Lipinski definition) is 2. The van der Waals surface area contributed by atoms with Gasteiger partial charge in [-0.2, -0.15) is 0 Å². The molecule has 1 atom stereocenters. The lowest BCUT2D eigenvalue weighted by Gasteiger charge is -2.13. The number of benzene rings is 2. The zero-order valence-corrected chi connectivity index (χ0v) is 16.2. The molecule has 0 unspecified atom stereocenters. The highest BCUT2D eigenvalue weighted by atomic mass is 35.5. The van der Waals surface area contributed by atoms with Gasteiger partial charge >= 0.3 is 0 Å². The summed E-state index contributed by atoms with van der Waals surface area (Å²) in [7, 11) is -3.84. The van der Waals surface area contributed by atoms with Gasteiger partial charge in [-0.1, -0.05) is 41.9 Å². The summed E-state index contributed by atoms with van der Waals surface area (Å²) >= 11 is 6.07. The topological polar surface area (TPSA) is 84.5 Å². The Bertz CT molecular complexity index is 897. The molecule has 144 valence electrons. The van der Waals surface area contributed by atoms with Crippen LogP contribution in [0.3, 0.4) is 0 Å². The number of sulfonamides is 1. The van der Waals surface area contributed by atoms with E-state index in [1.54, 1.807) is 0 Å². The van der Waals surface area contributed by atoms with Crippen LogP contribution in [0.1, 0.15) is 28.8 Å².